The lowest BCUT2D eigenvalue weighted by Gasteiger charge is -2.04. The van der Waals surface area contributed by atoms with Crippen LogP contribution in [0.5, 0.6) is 0 Å². The van der Waals surface area contributed by atoms with E-state index in [2.05, 4.69) is 20.9 Å². The van der Waals surface area contributed by atoms with E-state index in [9.17, 15) is 8.42 Å². The molecule has 0 saturated heterocycles. The summed E-state index contributed by atoms with van der Waals surface area (Å²) < 4.78 is 29.1. The zero-order chi connectivity index (χ0) is 12.5. The second-order valence-electron chi connectivity index (χ2n) is 3.89. The molecule has 0 spiro atoms. The predicted octanol–water partition coefficient (Wildman–Crippen LogP) is 1.78. The number of hydrogen-bond acceptors (Lipinski definition) is 4. The van der Waals surface area contributed by atoms with E-state index < -0.39 is 10.1 Å². The van der Waals surface area contributed by atoms with Crippen LogP contribution in [0.3, 0.4) is 0 Å². The highest BCUT2D eigenvalue weighted by Gasteiger charge is 2.16. The topological polar surface area (TPSA) is 61.2 Å². The summed E-state index contributed by atoms with van der Waals surface area (Å²) >= 11 is 3.36. The Morgan fingerprint density at radius 3 is 2.44 bits per heavy atom. The van der Waals surface area contributed by atoms with Crippen molar-refractivity contribution in [1.29, 1.82) is 0 Å². The van der Waals surface area contributed by atoms with Gasteiger partial charge in [0.2, 0.25) is 0 Å². The number of aromatic nitrogens is 2. The molecule has 0 bridgehead atoms. The summed E-state index contributed by atoms with van der Waals surface area (Å²) in [6.45, 7) is 4.01. The first-order valence-electron chi connectivity index (χ1n) is 4.77. The zero-order valence-corrected chi connectivity index (χ0v) is 12.1. The second kappa shape index (κ2) is 4.85. The molecule has 1 aromatic heterocycles. The molecule has 0 aliphatic heterocycles. The van der Waals surface area contributed by atoms with Crippen molar-refractivity contribution in [1.82, 2.24) is 9.55 Å². The largest absolute Gasteiger partial charge is 0.325 e. The summed E-state index contributed by atoms with van der Waals surface area (Å²) in [6.07, 6.45) is 1.02. The third-order valence-corrected chi connectivity index (χ3v) is 3.59. The first-order chi connectivity index (χ1) is 7.22. The lowest BCUT2D eigenvalue weighted by Crippen LogP contribution is -2.03. The van der Waals surface area contributed by atoms with E-state index in [0.717, 1.165) is 16.7 Å². The van der Waals surface area contributed by atoms with E-state index >= 15 is 0 Å². The van der Waals surface area contributed by atoms with Crippen molar-refractivity contribution in [3.63, 3.8) is 0 Å². The van der Waals surface area contributed by atoms with Crippen molar-refractivity contribution in [3.8, 4) is 0 Å². The fourth-order valence-electron chi connectivity index (χ4n) is 1.32. The fraction of sp³-hybridized carbons (Fsp3) is 0.667. The fourth-order valence-corrected chi connectivity index (χ4v) is 2.04. The highest BCUT2D eigenvalue weighted by Crippen LogP contribution is 2.23. The second-order valence-corrected chi connectivity index (χ2v) is 6.28. The van der Waals surface area contributed by atoms with Crippen LogP contribution >= 0.6 is 15.9 Å². The molecule has 0 unspecified atom stereocenters. The molecule has 0 aromatic carbocycles. The molecule has 1 aromatic rings. The van der Waals surface area contributed by atoms with Crippen LogP contribution in [0.4, 0.5) is 0 Å². The van der Waals surface area contributed by atoms with Crippen molar-refractivity contribution >= 4 is 26.0 Å². The lowest BCUT2D eigenvalue weighted by molar-refractivity contribution is 0.306. The average molecular weight is 311 g/mol. The van der Waals surface area contributed by atoms with Crippen LogP contribution in [0.2, 0.25) is 0 Å². The summed E-state index contributed by atoms with van der Waals surface area (Å²) in [5.74, 6) is 1.16. The molecule has 0 aliphatic rings. The number of halogens is 1. The van der Waals surface area contributed by atoms with Crippen molar-refractivity contribution < 1.29 is 12.6 Å². The van der Waals surface area contributed by atoms with E-state index in [1.807, 2.05) is 25.5 Å². The summed E-state index contributed by atoms with van der Waals surface area (Å²) in [4.78, 5) is 4.34. The predicted molar refractivity (Wildman–Crippen MR) is 64.6 cm³/mol. The highest BCUT2D eigenvalue weighted by atomic mass is 79.9. The minimum atomic E-state index is -3.43. The molecule has 0 radical (unpaired) electrons. The number of rotatable bonds is 4. The molecule has 92 valence electrons. The van der Waals surface area contributed by atoms with Gasteiger partial charge >= 0.3 is 0 Å². The molecule has 7 heteroatoms. The monoisotopic (exact) mass is 310 g/mol. The van der Waals surface area contributed by atoms with E-state index in [-0.39, 0.29) is 12.5 Å². The van der Waals surface area contributed by atoms with Gasteiger partial charge in [0.15, 0.2) is 0 Å². The molecule has 1 rings (SSSR count). The molecular formula is C9H15BrN2O3S. The Balaban J connectivity index is 2.94. The van der Waals surface area contributed by atoms with Crippen molar-refractivity contribution in [3.05, 3.63) is 16.1 Å². The minimum Gasteiger partial charge on any atom is -0.325 e. The van der Waals surface area contributed by atoms with Gasteiger partial charge in [0.05, 0.1) is 6.26 Å². The van der Waals surface area contributed by atoms with Crippen LogP contribution in [0.1, 0.15) is 31.3 Å². The van der Waals surface area contributed by atoms with Crippen LogP contribution in [0.15, 0.2) is 4.60 Å². The Morgan fingerprint density at radius 2 is 2.06 bits per heavy atom. The Hall–Kier alpha value is -0.400. The van der Waals surface area contributed by atoms with E-state index in [1.165, 1.54) is 0 Å². The maximum Gasteiger partial charge on any atom is 0.264 e. The van der Waals surface area contributed by atoms with Gasteiger partial charge in [-0.15, -0.1) is 0 Å². The quantitative estimate of drug-likeness (QED) is 0.795. The number of imidazole rings is 1. The van der Waals surface area contributed by atoms with Crippen LogP contribution in [0, 0.1) is 0 Å². The normalized spacial score (nSPS) is 12.4. The molecule has 0 amide bonds. The third kappa shape index (κ3) is 3.29. The molecule has 16 heavy (non-hydrogen) atoms. The van der Waals surface area contributed by atoms with E-state index in [4.69, 9.17) is 4.18 Å². The van der Waals surface area contributed by atoms with Crippen molar-refractivity contribution in [2.24, 2.45) is 7.05 Å². The summed E-state index contributed by atoms with van der Waals surface area (Å²) in [5.41, 5.74) is 0.594. The van der Waals surface area contributed by atoms with Crippen molar-refractivity contribution in [2.45, 2.75) is 26.4 Å². The van der Waals surface area contributed by atoms with Gasteiger partial charge in [-0.1, -0.05) is 13.8 Å². The maximum atomic E-state index is 10.9. The van der Waals surface area contributed by atoms with Gasteiger partial charge in [0.25, 0.3) is 10.1 Å². The van der Waals surface area contributed by atoms with Gasteiger partial charge in [-0.3, -0.25) is 4.18 Å². The van der Waals surface area contributed by atoms with Gasteiger partial charge in [-0.2, -0.15) is 8.42 Å². The number of hydrogen-bond donors (Lipinski definition) is 0. The number of nitrogens with zero attached hydrogens (tertiary/aromatic N) is 2. The Bertz CT molecular complexity index is 479. The summed E-state index contributed by atoms with van der Waals surface area (Å²) in [6, 6.07) is 0. The molecule has 0 aliphatic carbocycles. The van der Waals surface area contributed by atoms with E-state index in [1.54, 1.807) is 0 Å². The van der Waals surface area contributed by atoms with Gasteiger partial charge in [-0.05, 0) is 15.9 Å². The Kier molecular flexibility index (Phi) is 4.14. The maximum absolute atomic E-state index is 10.9. The highest BCUT2D eigenvalue weighted by molar-refractivity contribution is 9.10. The van der Waals surface area contributed by atoms with Crippen LogP contribution in [-0.2, 0) is 28.0 Å². The summed E-state index contributed by atoms with van der Waals surface area (Å²) in [5, 5.41) is 0. The van der Waals surface area contributed by atoms with Gasteiger partial charge in [0, 0.05) is 13.0 Å². The van der Waals surface area contributed by atoms with Gasteiger partial charge in [-0.25, -0.2) is 4.98 Å². The van der Waals surface area contributed by atoms with Gasteiger partial charge in [0.1, 0.15) is 22.7 Å². The first-order valence-corrected chi connectivity index (χ1v) is 7.38. The first kappa shape index (κ1) is 13.7. The SMILES string of the molecule is CC(C)c1nc(COS(C)(=O)=O)c(Br)n1C. The lowest BCUT2D eigenvalue weighted by atomic mass is 10.2. The Labute approximate surface area is 104 Å². The zero-order valence-electron chi connectivity index (χ0n) is 9.69. The molecule has 5 nitrogen and oxygen atoms in total. The van der Waals surface area contributed by atoms with E-state index in [0.29, 0.717) is 5.69 Å². The summed E-state index contributed by atoms with van der Waals surface area (Å²) in [7, 11) is -1.56. The molecule has 0 saturated carbocycles. The van der Waals surface area contributed by atoms with Crippen LogP contribution < -0.4 is 0 Å². The van der Waals surface area contributed by atoms with Crippen LogP contribution in [0.25, 0.3) is 0 Å². The standard InChI is InChI=1S/C9H15BrN2O3S/c1-6(2)9-11-7(8(10)12(9)3)5-15-16(4,13)14/h6H,5H2,1-4H3. The molecular weight excluding hydrogens is 296 g/mol. The van der Waals surface area contributed by atoms with Crippen LogP contribution in [-0.4, -0.2) is 24.2 Å². The minimum absolute atomic E-state index is 0.0417. The third-order valence-electron chi connectivity index (χ3n) is 2.05. The molecule has 0 fully saturated rings. The smallest absolute Gasteiger partial charge is 0.264 e. The van der Waals surface area contributed by atoms with Crippen molar-refractivity contribution in [2.75, 3.05) is 6.26 Å². The Morgan fingerprint density at radius 1 is 1.50 bits per heavy atom. The van der Waals surface area contributed by atoms with Gasteiger partial charge < -0.3 is 4.57 Å². The average Bonchev–Trinajstić information content (AvgIpc) is 2.40. The molecule has 0 N–H and O–H groups in total. The molecule has 1 heterocycles. The molecule has 0 atom stereocenters.